The van der Waals surface area contributed by atoms with E-state index in [0.29, 0.717) is 6.42 Å². The molecular weight excluding hydrogens is 180 g/mol. The summed E-state index contributed by atoms with van der Waals surface area (Å²) in [7, 11) is 0. The molecule has 1 N–H and O–H groups in total. The monoisotopic (exact) mass is 196 g/mol. The largest absolute Gasteiger partial charge is 0.481 e. The number of carboxylic acids is 1. The van der Waals surface area contributed by atoms with Gasteiger partial charge in [-0.2, -0.15) is 5.10 Å². The summed E-state index contributed by atoms with van der Waals surface area (Å²) < 4.78 is 1.90. The minimum Gasteiger partial charge on any atom is -0.481 e. The van der Waals surface area contributed by atoms with Gasteiger partial charge < -0.3 is 5.11 Å². The van der Waals surface area contributed by atoms with Gasteiger partial charge in [-0.1, -0.05) is 6.92 Å². The van der Waals surface area contributed by atoms with Crippen molar-refractivity contribution in [3.8, 4) is 0 Å². The van der Waals surface area contributed by atoms with Crippen LogP contribution in [0.15, 0.2) is 12.3 Å². The standard InChI is InChI=1S/C10H16N2O2/c1-3-12-9(6-7-11-12)5-4-8(2)10(13)14/h6-8H,3-5H2,1-2H3,(H,13,14). The molecule has 1 rings (SSSR count). The molecule has 0 aliphatic rings. The summed E-state index contributed by atoms with van der Waals surface area (Å²) in [5.74, 6) is -1.01. The molecule has 0 aliphatic carbocycles. The van der Waals surface area contributed by atoms with Gasteiger partial charge in [-0.25, -0.2) is 0 Å². The lowest BCUT2D eigenvalue weighted by atomic mass is 10.0. The molecule has 0 spiro atoms. The van der Waals surface area contributed by atoms with Crippen molar-refractivity contribution in [1.29, 1.82) is 0 Å². The van der Waals surface area contributed by atoms with Gasteiger partial charge in [-0.05, 0) is 25.8 Å². The van der Waals surface area contributed by atoms with Crippen molar-refractivity contribution in [2.75, 3.05) is 0 Å². The summed E-state index contributed by atoms with van der Waals surface area (Å²) in [6.45, 7) is 4.59. The van der Waals surface area contributed by atoms with Gasteiger partial charge in [0.05, 0.1) is 5.92 Å². The Morgan fingerprint density at radius 1 is 1.71 bits per heavy atom. The van der Waals surface area contributed by atoms with E-state index in [1.54, 1.807) is 13.1 Å². The number of hydrogen-bond acceptors (Lipinski definition) is 2. The van der Waals surface area contributed by atoms with Crippen LogP contribution < -0.4 is 0 Å². The van der Waals surface area contributed by atoms with E-state index in [1.807, 2.05) is 17.7 Å². The lowest BCUT2D eigenvalue weighted by Crippen LogP contribution is -2.12. The first kappa shape index (κ1) is 10.8. The SMILES string of the molecule is CCn1nccc1CCC(C)C(=O)O. The molecule has 0 fully saturated rings. The number of nitrogens with zero attached hydrogens (tertiary/aromatic N) is 2. The zero-order valence-corrected chi connectivity index (χ0v) is 8.60. The highest BCUT2D eigenvalue weighted by atomic mass is 16.4. The van der Waals surface area contributed by atoms with Crippen LogP contribution >= 0.6 is 0 Å². The van der Waals surface area contributed by atoms with Crippen molar-refractivity contribution in [2.24, 2.45) is 5.92 Å². The highest BCUT2D eigenvalue weighted by molar-refractivity contribution is 5.69. The summed E-state index contributed by atoms with van der Waals surface area (Å²) in [6.07, 6.45) is 3.20. The quantitative estimate of drug-likeness (QED) is 0.777. The van der Waals surface area contributed by atoms with Crippen LogP contribution in [-0.4, -0.2) is 20.9 Å². The van der Waals surface area contributed by atoms with Gasteiger partial charge in [0.15, 0.2) is 0 Å². The summed E-state index contributed by atoms with van der Waals surface area (Å²) in [5.41, 5.74) is 1.11. The topological polar surface area (TPSA) is 55.1 Å². The average Bonchev–Trinajstić information content (AvgIpc) is 2.60. The van der Waals surface area contributed by atoms with Gasteiger partial charge in [0.2, 0.25) is 0 Å². The molecule has 1 heterocycles. The van der Waals surface area contributed by atoms with Gasteiger partial charge in [0.25, 0.3) is 0 Å². The first-order valence-corrected chi connectivity index (χ1v) is 4.88. The Bertz CT molecular complexity index is 307. The second-order valence-corrected chi connectivity index (χ2v) is 3.42. The first-order valence-electron chi connectivity index (χ1n) is 4.88. The predicted octanol–water partition coefficient (Wildman–Crippen LogP) is 1.56. The molecule has 0 radical (unpaired) electrons. The Balaban J connectivity index is 2.49. The summed E-state index contributed by atoms with van der Waals surface area (Å²) >= 11 is 0. The van der Waals surface area contributed by atoms with Gasteiger partial charge in [0.1, 0.15) is 0 Å². The Labute approximate surface area is 83.5 Å². The van der Waals surface area contributed by atoms with E-state index in [4.69, 9.17) is 5.11 Å². The van der Waals surface area contributed by atoms with E-state index in [-0.39, 0.29) is 5.92 Å². The second kappa shape index (κ2) is 4.79. The van der Waals surface area contributed by atoms with Crippen LogP contribution in [0.2, 0.25) is 0 Å². The maximum absolute atomic E-state index is 10.6. The Morgan fingerprint density at radius 2 is 2.43 bits per heavy atom. The van der Waals surface area contributed by atoms with E-state index in [2.05, 4.69) is 5.10 Å². The van der Waals surface area contributed by atoms with Crippen LogP contribution in [0.4, 0.5) is 0 Å². The molecule has 1 atom stereocenters. The molecule has 4 heteroatoms. The fourth-order valence-corrected chi connectivity index (χ4v) is 1.35. The third kappa shape index (κ3) is 2.58. The normalized spacial score (nSPS) is 12.7. The van der Waals surface area contributed by atoms with E-state index in [1.165, 1.54) is 0 Å². The van der Waals surface area contributed by atoms with Crippen molar-refractivity contribution in [1.82, 2.24) is 9.78 Å². The third-order valence-electron chi connectivity index (χ3n) is 2.36. The molecule has 1 aromatic heterocycles. The molecule has 0 aromatic carbocycles. The van der Waals surface area contributed by atoms with Crippen molar-refractivity contribution in [2.45, 2.75) is 33.2 Å². The van der Waals surface area contributed by atoms with E-state index in [0.717, 1.165) is 18.7 Å². The Hall–Kier alpha value is -1.32. The Kier molecular flexibility index (Phi) is 3.68. The predicted molar refractivity (Wildman–Crippen MR) is 53.0 cm³/mol. The minimum atomic E-state index is -0.729. The van der Waals surface area contributed by atoms with Gasteiger partial charge >= 0.3 is 5.97 Å². The number of hydrogen-bond donors (Lipinski definition) is 1. The maximum atomic E-state index is 10.6. The summed E-state index contributed by atoms with van der Waals surface area (Å²) in [4.78, 5) is 10.6. The van der Waals surface area contributed by atoms with Crippen molar-refractivity contribution in [3.63, 3.8) is 0 Å². The first-order chi connectivity index (χ1) is 6.65. The molecule has 0 aliphatic heterocycles. The third-order valence-corrected chi connectivity index (χ3v) is 2.36. The van der Waals surface area contributed by atoms with Crippen molar-refractivity contribution in [3.05, 3.63) is 18.0 Å². The van der Waals surface area contributed by atoms with E-state index in [9.17, 15) is 4.79 Å². The number of carbonyl (C=O) groups is 1. The lowest BCUT2D eigenvalue weighted by molar-refractivity contribution is -0.141. The number of carboxylic acid groups (broad SMARTS) is 1. The molecule has 1 unspecified atom stereocenters. The van der Waals surface area contributed by atoms with Gasteiger partial charge in [-0.15, -0.1) is 0 Å². The van der Waals surface area contributed by atoms with Crippen molar-refractivity contribution < 1.29 is 9.90 Å². The fourth-order valence-electron chi connectivity index (χ4n) is 1.35. The van der Waals surface area contributed by atoms with Crippen LogP contribution in [0.3, 0.4) is 0 Å². The highest BCUT2D eigenvalue weighted by Gasteiger charge is 2.11. The number of rotatable bonds is 5. The fraction of sp³-hybridized carbons (Fsp3) is 0.600. The average molecular weight is 196 g/mol. The summed E-state index contributed by atoms with van der Waals surface area (Å²) in [5, 5.41) is 12.8. The van der Waals surface area contributed by atoms with Crippen LogP contribution in [-0.2, 0) is 17.8 Å². The highest BCUT2D eigenvalue weighted by Crippen LogP contribution is 2.09. The molecule has 0 saturated heterocycles. The number of aryl methyl sites for hydroxylation is 2. The van der Waals surface area contributed by atoms with Crippen LogP contribution in [0, 0.1) is 5.92 Å². The molecule has 4 nitrogen and oxygen atoms in total. The molecular formula is C10H16N2O2. The molecule has 0 saturated carbocycles. The summed E-state index contributed by atoms with van der Waals surface area (Å²) in [6, 6.07) is 1.94. The second-order valence-electron chi connectivity index (χ2n) is 3.42. The van der Waals surface area contributed by atoms with Crippen LogP contribution in [0.1, 0.15) is 26.0 Å². The Morgan fingerprint density at radius 3 is 3.00 bits per heavy atom. The van der Waals surface area contributed by atoms with Gasteiger partial charge in [-0.3, -0.25) is 9.48 Å². The zero-order valence-electron chi connectivity index (χ0n) is 8.60. The minimum absolute atomic E-state index is 0.282. The molecule has 14 heavy (non-hydrogen) atoms. The zero-order chi connectivity index (χ0) is 10.6. The number of aromatic nitrogens is 2. The van der Waals surface area contributed by atoms with Gasteiger partial charge in [0, 0.05) is 18.4 Å². The smallest absolute Gasteiger partial charge is 0.306 e. The maximum Gasteiger partial charge on any atom is 0.306 e. The number of aliphatic carboxylic acids is 1. The van der Waals surface area contributed by atoms with Crippen molar-refractivity contribution >= 4 is 5.97 Å². The molecule has 78 valence electrons. The molecule has 0 bridgehead atoms. The van der Waals surface area contributed by atoms with Crippen LogP contribution in [0.25, 0.3) is 0 Å². The van der Waals surface area contributed by atoms with E-state index < -0.39 is 5.97 Å². The van der Waals surface area contributed by atoms with E-state index >= 15 is 0 Å². The molecule has 1 aromatic rings. The molecule has 0 amide bonds. The van der Waals surface area contributed by atoms with Crippen LogP contribution in [0.5, 0.6) is 0 Å². The lowest BCUT2D eigenvalue weighted by Gasteiger charge is -2.07.